The first-order valence-corrected chi connectivity index (χ1v) is 9.26. The average molecular weight is 317 g/mol. The van der Waals surface area contributed by atoms with E-state index in [-0.39, 0.29) is 0 Å². The van der Waals surface area contributed by atoms with Crippen molar-refractivity contribution in [1.82, 2.24) is 0 Å². The second-order valence-corrected chi connectivity index (χ2v) is 6.95. The van der Waals surface area contributed by atoms with Gasteiger partial charge in [0.1, 0.15) is 0 Å². The average Bonchev–Trinajstić information content (AvgIpc) is 2.41. The lowest BCUT2D eigenvalue weighted by atomic mass is 9.83. The predicted molar refractivity (Wildman–Crippen MR) is 93.7 cm³/mol. The molecule has 0 aliphatic carbocycles. The second kappa shape index (κ2) is 9.20. The van der Waals surface area contributed by atoms with Crippen molar-refractivity contribution in [3.63, 3.8) is 0 Å². The molecule has 0 aliphatic rings. The molecule has 0 amide bonds. The third-order valence-electron chi connectivity index (χ3n) is 3.52. The van der Waals surface area contributed by atoms with E-state index in [1.54, 1.807) is 0 Å². The smallest absolute Gasteiger partial charge is 0.0446 e. The van der Waals surface area contributed by atoms with Crippen LogP contribution in [0.4, 0.5) is 0 Å². The first-order chi connectivity index (χ1) is 9.17. The van der Waals surface area contributed by atoms with Gasteiger partial charge < -0.3 is 0 Å². The Morgan fingerprint density at radius 2 is 1.79 bits per heavy atom. The maximum atomic E-state index is 6.20. The third kappa shape index (κ3) is 5.61. The van der Waals surface area contributed by atoms with Gasteiger partial charge in [0, 0.05) is 16.5 Å². The molecule has 0 bridgehead atoms. The summed E-state index contributed by atoms with van der Waals surface area (Å²) < 4.78 is 0. The quantitative estimate of drug-likeness (QED) is 0.538. The van der Waals surface area contributed by atoms with Gasteiger partial charge in [-0.1, -0.05) is 56.5 Å². The van der Waals surface area contributed by atoms with Gasteiger partial charge in [0.2, 0.25) is 0 Å². The molecular formula is C16H25ClS2. The van der Waals surface area contributed by atoms with Crippen LogP contribution >= 0.6 is 36.0 Å². The van der Waals surface area contributed by atoms with Crippen molar-refractivity contribution in [3.8, 4) is 0 Å². The lowest BCUT2D eigenvalue weighted by Gasteiger charge is -2.31. The van der Waals surface area contributed by atoms with Gasteiger partial charge in [0.25, 0.3) is 0 Å². The second-order valence-electron chi connectivity index (χ2n) is 5.24. The number of rotatable bonds is 9. The topological polar surface area (TPSA) is 0 Å². The maximum absolute atomic E-state index is 6.20. The highest BCUT2D eigenvalue weighted by molar-refractivity contribution is 7.98. The minimum Gasteiger partial charge on any atom is -0.179 e. The minimum absolute atomic E-state index is 0.401. The largest absolute Gasteiger partial charge is 0.179 e. The van der Waals surface area contributed by atoms with E-state index >= 15 is 0 Å². The van der Waals surface area contributed by atoms with Crippen LogP contribution in [0, 0.1) is 5.41 Å². The zero-order valence-corrected chi connectivity index (χ0v) is 14.5. The Morgan fingerprint density at radius 1 is 1.16 bits per heavy atom. The van der Waals surface area contributed by atoms with Crippen LogP contribution in [0.5, 0.6) is 0 Å². The van der Waals surface area contributed by atoms with Gasteiger partial charge in [-0.05, 0) is 35.6 Å². The molecule has 0 saturated heterocycles. The summed E-state index contributed by atoms with van der Waals surface area (Å²) >= 11 is 12.8. The monoisotopic (exact) mass is 316 g/mol. The van der Waals surface area contributed by atoms with Gasteiger partial charge in [0.15, 0.2) is 0 Å². The molecule has 0 aromatic heterocycles. The van der Waals surface area contributed by atoms with Crippen LogP contribution in [-0.4, -0.2) is 11.5 Å². The van der Waals surface area contributed by atoms with Crippen molar-refractivity contribution < 1.29 is 0 Å². The molecule has 1 aromatic carbocycles. The summed E-state index contributed by atoms with van der Waals surface area (Å²) in [6, 6.07) is 8.15. The third-order valence-corrected chi connectivity index (χ3v) is 5.89. The Balaban J connectivity index is 2.54. The molecule has 3 heteroatoms. The summed E-state index contributed by atoms with van der Waals surface area (Å²) in [7, 11) is 0. The van der Waals surface area contributed by atoms with Crippen molar-refractivity contribution in [3.05, 3.63) is 34.9 Å². The van der Waals surface area contributed by atoms with E-state index in [0.717, 1.165) is 16.5 Å². The SMILES string of the molecule is CCCC(CS)(CCC)CSCc1ccccc1Cl. The summed E-state index contributed by atoms with van der Waals surface area (Å²) in [5.41, 5.74) is 1.65. The minimum atomic E-state index is 0.401. The number of thiol groups is 1. The van der Waals surface area contributed by atoms with Crippen LogP contribution in [0.3, 0.4) is 0 Å². The summed E-state index contributed by atoms with van der Waals surface area (Å²) in [6.07, 6.45) is 5.04. The molecule has 1 aromatic rings. The molecular weight excluding hydrogens is 292 g/mol. The van der Waals surface area contributed by atoms with Crippen LogP contribution in [-0.2, 0) is 5.75 Å². The molecule has 108 valence electrons. The van der Waals surface area contributed by atoms with Crippen molar-refractivity contribution in [2.24, 2.45) is 5.41 Å². The van der Waals surface area contributed by atoms with E-state index in [4.69, 9.17) is 11.6 Å². The number of hydrogen-bond donors (Lipinski definition) is 1. The fourth-order valence-corrected chi connectivity index (χ4v) is 4.79. The van der Waals surface area contributed by atoms with Crippen molar-refractivity contribution in [2.45, 2.75) is 45.3 Å². The molecule has 0 unspecified atom stereocenters. The number of thioether (sulfide) groups is 1. The van der Waals surface area contributed by atoms with E-state index in [9.17, 15) is 0 Å². The van der Waals surface area contributed by atoms with Gasteiger partial charge in [-0.15, -0.1) is 0 Å². The standard InChI is InChI=1S/C16H25ClS2/c1-3-9-16(12-18,10-4-2)13-19-11-14-7-5-6-8-15(14)17/h5-8,18H,3-4,9-13H2,1-2H3. The lowest BCUT2D eigenvalue weighted by molar-refractivity contribution is 0.318. The predicted octanol–water partition coefficient (Wildman–Crippen LogP) is 6.09. The molecule has 1 rings (SSSR count). The fraction of sp³-hybridized carbons (Fsp3) is 0.625. The highest BCUT2D eigenvalue weighted by Crippen LogP contribution is 2.36. The van der Waals surface area contributed by atoms with Crippen LogP contribution in [0.2, 0.25) is 5.02 Å². The van der Waals surface area contributed by atoms with Crippen molar-refractivity contribution in [1.29, 1.82) is 0 Å². The van der Waals surface area contributed by atoms with Gasteiger partial charge in [-0.2, -0.15) is 24.4 Å². The normalized spacial score (nSPS) is 11.8. The fourth-order valence-electron chi connectivity index (χ4n) is 2.53. The highest BCUT2D eigenvalue weighted by atomic mass is 35.5. The molecule has 19 heavy (non-hydrogen) atoms. The number of halogens is 1. The summed E-state index contributed by atoms with van der Waals surface area (Å²) in [6.45, 7) is 4.54. The van der Waals surface area contributed by atoms with Crippen molar-refractivity contribution >= 4 is 36.0 Å². The summed E-state index contributed by atoms with van der Waals surface area (Å²) in [5, 5.41) is 0.887. The van der Waals surface area contributed by atoms with E-state index in [1.165, 1.54) is 37.0 Å². The van der Waals surface area contributed by atoms with Crippen LogP contribution in [0.15, 0.2) is 24.3 Å². The van der Waals surface area contributed by atoms with Crippen LogP contribution in [0.25, 0.3) is 0 Å². The van der Waals surface area contributed by atoms with E-state index < -0.39 is 0 Å². The molecule has 0 nitrogen and oxygen atoms in total. The summed E-state index contributed by atoms with van der Waals surface area (Å²) in [4.78, 5) is 0. The zero-order valence-electron chi connectivity index (χ0n) is 12.0. The lowest BCUT2D eigenvalue weighted by Crippen LogP contribution is -2.26. The van der Waals surface area contributed by atoms with Crippen LogP contribution < -0.4 is 0 Å². The molecule has 0 saturated carbocycles. The van der Waals surface area contributed by atoms with Gasteiger partial charge in [0.05, 0.1) is 0 Å². The van der Waals surface area contributed by atoms with E-state index in [0.29, 0.717) is 5.41 Å². The van der Waals surface area contributed by atoms with Crippen LogP contribution in [0.1, 0.15) is 45.1 Å². The molecule has 0 aliphatic heterocycles. The zero-order chi connectivity index (χ0) is 14.1. The summed E-state index contributed by atoms with van der Waals surface area (Å²) in [5.74, 6) is 3.18. The highest BCUT2D eigenvalue weighted by Gasteiger charge is 2.26. The Hall–Kier alpha value is 0.210. The van der Waals surface area contributed by atoms with Gasteiger partial charge in [-0.3, -0.25) is 0 Å². The van der Waals surface area contributed by atoms with Gasteiger partial charge in [-0.25, -0.2) is 0 Å². The van der Waals surface area contributed by atoms with E-state index in [1.807, 2.05) is 23.9 Å². The first kappa shape index (κ1) is 17.3. The Bertz CT molecular complexity index is 360. The molecule has 0 atom stereocenters. The Morgan fingerprint density at radius 3 is 2.32 bits per heavy atom. The Kier molecular flexibility index (Phi) is 8.36. The Labute approximate surface area is 133 Å². The molecule has 0 radical (unpaired) electrons. The number of benzene rings is 1. The van der Waals surface area contributed by atoms with E-state index in [2.05, 4.69) is 38.6 Å². The maximum Gasteiger partial charge on any atom is 0.0446 e. The van der Waals surface area contributed by atoms with Crippen molar-refractivity contribution in [2.75, 3.05) is 11.5 Å². The molecule has 0 fully saturated rings. The molecule has 0 N–H and O–H groups in total. The first-order valence-electron chi connectivity index (χ1n) is 7.09. The molecule has 0 heterocycles. The number of hydrogen-bond acceptors (Lipinski definition) is 2. The van der Waals surface area contributed by atoms with Gasteiger partial charge >= 0.3 is 0 Å². The molecule has 0 spiro atoms.